The Bertz CT molecular complexity index is 380. The van der Waals surface area contributed by atoms with Crippen molar-refractivity contribution in [3.63, 3.8) is 0 Å². The van der Waals surface area contributed by atoms with Gasteiger partial charge in [0.05, 0.1) is 6.61 Å². The molecule has 3 atom stereocenters. The molecular formula is C21H38O4. The number of esters is 2. The number of hydrogen-bond donors (Lipinski definition) is 0. The van der Waals surface area contributed by atoms with E-state index in [-0.39, 0.29) is 18.0 Å². The molecule has 0 N–H and O–H groups in total. The molecule has 1 unspecified atom stereocenters. The summed E-state index contributed by atoms with van der Waals surface area (Å²) in [5, 5.41) is 0. The lowest BCUT2D eigenvalue weighted by atomic mass is 9.88. The Hall–Kier alpha value is -1.06. The highest BCUT2D eigenvalue weighted by molar-refractivity contribution is 5.70. The van der Waals surface area contributed by atoms with Crippen molar-refractivity contribution in [2.45, 2.75) is 104 Å². The molecule has 1 fully saturated rings. The molecule has 0 saturated heterocycles. The normalized spacial score (nSPS) is 21.6. The summed E-state index contributed by atoms with van der Waals surface area (Å²) >= 11 is 0. The van der Waals surface area contributed by atoms with E-state index in [1.165, 1.54) is 19.3 Å². The highest BCUT2D eigenvalue weighted by atomic mass is 16.5. The van der Waals surface area contributed by atoms with Crippen LogP contribution in [0.15, 0.2) is 0 Å². The minimum absolute atomic E-state index is 0.0975. The van der Waals surface area contributed by atoms with Crippen LogP contribution in [-0.2, 0) is 19.1 Å². The number of carbonyl (C=O) groups excluding carboxylic acids is 2. The van der Waals surface area contributed by atoms with Crippen molar-refractivity contribution in [2.75, 3.05) is 6.61 Å². The molecule has 0 amide bonds. The van der Waals surface area contributed by atoms with E-state index >= 15 is 0 Å². The molecule has 0 aromatic carbocycles. The van der Waals surface area contributed by atoms with E-state index in [0.717, 1.165) is 32.1 Å². The van der Waals surface area contributed by atoms with Gasteiger partial charge in [0.15, 0.2) is 0 Å². The Balaban J connectivity index is 2.07. The lowest BCUT2D eigenvalue weighted by Gasteiger charge is -2.28. The van der Waals surface area contributed by atoms with Crippen molar-refractivity contribution >= 4 is 11.9 Å². The second-order valence-electron chi connectivity index (χ2n) is 7.60. The Labute approximate surface area is 154 Å². The number of ether oxygens (including phenoxy) is 2. The topological polar surface area (TPSA) is 52.6 Å². The van der Waals surface area contributed by atoms with E-state index in [0.29, 0.717) is 44.1 Å². The maximum absolute atomic E-state index is 11.9. The van der Waals surface area contributed by atoms with Crippen LogP contribution < -0.4 is 0 Å². The zero-order chi connectivity index (χ0) is 18.5. The van der Waals surface area contributed by atoms with Gasteiger partial charge in [-0.1, -0.05) is 46.5 Å². The van der Waals surface area contributed by atoms with Crippen LogP contribution in [0.5, 0.6) is 0 Å². The molecule has 0 radical (unpaired) electrons. The molecule has 4 heteroatoms. The minimum atomic E-state index is -0.135. The molecule has 0 aromatic heterocycles. The lowest BCUT2D eigenvalue weighted by Crippen LogP contribution is -2.28. The Morgan fingerprint density at radius 3 is 2.32 bits per heavy atom. The van der Waals surface area contributed by atoms with Crippen molar-refractivity contribution in [3.8, 4) is 0 Å². The molecule has 0 aliphatic heterocycles. The molecule has 4 nitrogen and oxygen atoms in total. The van der Waals surface area contributed by atoms with Crippen LogP contribution in [0.2, 0.25) is 0 Å². The zero-order valence-electron chi connectivity index (χ0n) is 16.6. The molecule has 146 valence electrons. The predicted molar refractivity (Wildman–Crippen MR) is 100 cm³/mol. The number of unbranched alkanes of at least 4 members (excludes halogenated alkanes) is 2. The third-order valence-electron chi connectivity index (χ3n) is 5.35. The summed E-state index contributed by atoms with van der Waals surface area (Å²) in [7, 11) is 0. The van der Waals surface area contributed by atoms with Crippen molar-refractivity contribution in [3.05, 3.63) is 0 Å². The average molecular weight is 355 g/mol. The lowest BCUT2D eigenvalue weighted by molar-refractivity contribution is -0.153. The van der Waals surface area contributed by atoms with E-state index in [1.54, 1.807) is 0 Å². The molecule has 0 aromatic rings. The smallest absolute Gasteiger partial charge is 0.306 e. The highest BCUT2D eigenvalue weighted by Gasteiger charge is 2.24. The fourth-order valence-electron chi connectivity index (χ4n) is 3.40. The molecular weight excluding hydrogens is 316 g/mol. The van der Waals surface area contributed by atoms with Gasteiger partial charge in [0.2, 0.25) is 0 Å². The molecule has 1 rings (SSSR count). The highest BCUT2D eigenvalue weighted by Crippen LogP contribution is 2.26. The van der Waals surface area contributed by atoms with Gasteiger partial charge in [0.1, 0.15) is 6.10 Å². The van der Waals surface area contributed by atoms with E-state index in [2.05, 4.69) is 20.8 Å². The number of hydrogen-bond acceptors (Lipinski definition) is 4. The van der Waals surface area contributed by atoms with Crippen LogP contribution in [0.25, 0.3) is 0 Å². The summed E-state index contributed by atoms with van der Waals surface area (Å²) < 4.78 is 11.0. The summed E-state index contributed by atoms with van der Waals surface area (Å²) in [5.74, 6) is 0.713. The van der Waals surface area contributed by atoms with Gasteiger partial charge in [-0.3, -0.25) is 9.59 Å². The molecule has 0 bridgehead atoms. The van der Waals surface area contributed by atoms with E-state index in [9.17, 15) is 9.59 Å². The molecule has 1 aliphatic carbocycles. The predicted octanol–water partition coefficient (Wildman–Crippen LogP) is 5.43. The van der Waals surface area contributed by atoms with Gasteiger partial charge in [-0.25, -0.2) is 0 Å². The number of carbonyl (C=O) groups is 2. The fourth-order valence-corrected chi connectivity index (χ4v) is 3.40. The first-order valence-electron chi connectivity index (χ1n) is 10.4. The molecule has 0 heterocycles. The third kappa shape index (κ3) is 9.86. The second-order valence-corrected chi connectivity index (χ2v) is 7.60. The first-order chi connectivity index (χ1) is 12.1. The largest absolute Gasteiger partial charge is 0.465 e. The Morgan fingerprint density at radius 1 is 1.00 bits per heavy atom. The average Bonchev–Trinajstić information content (AvgIpc) is 2.61. The minimum Gasteiger partial charge on any atom is -0.465 e. The quantitative estimate of drug-likeness (QED) is 0.346. The summed E-state index contributed by atoms with van der Waals surface area (Å²) in [6.45, 7) is 7.03. The van der Waals surface area contributed by atoms with Gasteiger partial charge in [-0.05, 0) is 50.4 Å². The summed E-state index contributed by atoms with van der Waals surface area (Å²) in [6, 6.07) is 0. The van der Waals surface area contributed by atoms with Crippen LogP contribution in [0.1, 0.15) is 97.8 Å². The van der Waals surface area contributed by atoms with Gasteiger partial charge in [0.25, 0.3) is 0 Å². The molecule has 0 spiro atoms. The standard InChI is InChI=1S/C21H38O4/c1-4-6-12-18(5-2)16-24-20(22)14-9-10-15-21(23)25-19-13-8-7-11-17(19)3/h17-19H,4-16H2,1-3H3/t17-,18?,19-/m1/s1. The number of rotatable bonds is 12. The third-order valence-corrected chi connectivity index (χ3v) is 5.35. The van der Waals surface area contributed by atoms with Crippen LogP contribution in [0.3, 0.4) is 0 Å². The van der Waals surface area contributed by atoms with Gasteiger partial charge in [-0.15, -0.1) is 0 Å². The summed E-state index contributed by atoms with van der Waals surface area (Å²) in [5.41, 5.74) is 0. The molecule has 25 heavy (non-hydrogen) atoms. The first-order valence-corrected chi connectivity index (χ1v) is 10.4. The maximum Gasteiger partial charge on any atom is 0.306 e. The molecule has 1 aliphatic rings. The summed E-state index contributed by atoms with van der Waals surface area (Å²) in [4.78, 5) is 23.7. The Morgan fingerprint density at radius 2 is 1.68 bits per heavy atom. The fraction of sp³-hybridized carbons (Fsp3) is 0.905. The second kappa shape index (κ2) is 13.2. The van der Waals surface area contributed by atoms with E-state index < -0.39 is 0 Å². The van der Waals surface area contributed by atoms with E-state index in [4.69, 9.17) is 9.47 Å². The van der Waals surface area contributed by atoms with Crippen molar-refractivity contribution in [1.82, 2.24) is 0 Å². The van der Waals surface area contributed by atoms with Gasteiger partial charge < -0.3 is 9.47 Å². The van der Waals surface area contributed by atoms with Gasteiger partial charge in [0, 0.05) is 12.8 Å². The van der Waals surface area contributed by atoms with Gasteiger partial charge >= 0.3 is 11.9 Å². The van der Waals surface area contributed by atoms with Crippen molar-refractivity contribution in [2.24, 2.45) is 11.8 Å². The van der Waals surface area contributed by atoms with E-state index in [1.807, 2.05) is 0 Å². The maximum atomic E-state index is 11.9. The van der Waals surface area contributed by atoms with Crippen LogP contribution >= 0.6 is 0 Å². The van der Waals surface area contributed by atoms with Gasteiger partial charge in [-0.2, -0.15) is 0 Å². The molecule has 1 saturated carbocycles. The summed E-state index contributed by atoms with van der Waals surface area (Å²) in [6.07, 6.45) is 11.4. The Kier molecular flexibility index (Phi) is 11.6. The van der Waals surface area contributed by atoms with Crippen molar-refractivity contribution in [1.29, 1.82) is 0 Å². The van der Waals surface area contributed by atoms with Crippen LogP contribution in [-0.4, -0.2) is 24.6 Å². The SMILES string of the molecule is CCCCC(CC)COC(=O)CCCCC(=O)O[C@@H]1CCCC[C@H]1C. The van der Waals surface area contributed by atoms with Crippen LogP contribution in [0, 0.1) is 11.8 Å². The van der Waals surface area contributed by atoms with Crippen LogP contribution in [0.4, 0.5) is 0 Å². The monoisotopic (exact) mass is 354 g/mol. The van der Waals surface area contributed by atoms with Crippen molar-refractivity contribution < 1.29 is 19.1 Å². The first kappa shape index (κ1) is 22.0. The zero-order valence-corrected chi connectivity index (χ0v) is 16.6.